The first-order valence-electron chi connectivity index (χ1n) is 5.23. The predicted molar refractivity (Wildman–Crippen MR) is 69.6 cm³/mol. The maximum atomic E-state index is 11.7. The molecule has 2 rings (SSSR count). The number of amides is 2. The largest absolute Gasteiger partial charge is 0.447 e. The topological polar surface area (TPSA) is 72.6 Å². The van der Waals surface area contributed by atoms with E-state index >= 15 is 0 Å². The van der Waals surface area contributed by atoms with E-state index in [0.717, 1.165) is 9.80 Å². The number of cyclic esters (lactones) is 1. The summed E-state index contributed by atoms with van der Waals surface area (Å²) in [6, 6.07) is 5.07. The SMILES string of the molecule is Nc1cc(Cl)ccc1SCC(=O)N1CCOC1=O. The molecule has 1 saturated heterocycles. The third kappa shape index (κ3) is 2.88. The fraction of sp³-hybridized carbons (Fsp3) is 0.273. The zero-order valence-electron chi connectivity index (χ0n) is 9.39. The monoisotopic (exact) mass is 286 g/mol. The number of halogens is 1. The molecule has 2 N–H and O–H groups in total. The van der Waals surface area contributed by atoms with Crippen LogP contribution in [0.1, 0.15) is 0 Å². The van der Waals surface area contributed by atoms with Gasteiger partial charge < -0.3 is 10.5 Å². The number of ether oxygens (including phenoxy) is 1. The highest BCUT2D eigenvalue weighted by molar-refractivity contribution is 8.00. The Morgan fingerprint density at radius 3 is 2.94 bits per heavy atom. The Labute approximate surface area is 113 Å². The summed E-state index contributed by atoms with van der Waals surface area (Å²) in [5, 5.41) is 0.547. The van der Waals surface area contributed by atoms with Crippen LogP contribution in [0, 0.1) is 0 Å². The second kappa shape index (κ2) is 5.49. The predicted octanol–water partition coefficient (Wildman–Crippen LogP) is 1.99. The van der Waals surface area contributed by atoms with E-state index in [0.29, 0.717) is 17.3 Å². The van der Waals surface area contributed by atoms with Crippen LogP contribution in [0.15, 0.2) is 23.1 Å². The van der Waals surface area contributed by atoms with Gasteiger partial charge in [0.25, 0.3) is 0 Å². The lowest BCUT2D eigenvalue weighted by Crippen LogP contribution is -2.32. The molecule has 1 heterocycles. The summed E-state index contributed by atoms with van der Waals surface area (Å²) in [5.74, 6) is -0.141. The van der Waals surface area contributed by atoms with E-state index in [9.17, 15) is 9.59 Å². The Balaban J connectivity index is 1.95. The van der Waals surface area contributed by atoms with Crippen molar-refractivity contribution < 1.29 is 14.3 Å². The summed E-state index contributed by atoms with van der Waals surface area (Å²) in [6.45, 7) is 0.576. The molecule has 0 atom stereocenters. The maximum Gasteiger partial charge on any atom is 0.416 e. The maximum absolute atomic E-state index is 11.7. The highest BCUT2D eigenvalue weighted by atomic mass is 35.5. The van der Waals surface area contributed by atoms with Gasteiger partial charge in [0.15, 0.2) is 0 Å². The number of anilines is 1. The van der Waals surface area contributed by atoms with Crippen molar-refractivity contribution in [1.29, 1.82) is 0 Å². The quantitative estimate of drug-likeness (QED) is 0.679. The number of carbonyl (C=O) groups excluding carboxylic acids is 2. The van der Waals surface area contributed by atoms with Crippen molar-refractivity contribution in [2.24, 2.45) is 0 Å². The minimum Gasteiger partial charge on any atom is -0.447 e. The highest BCUT2D eigenvalue weighted by Gasteiger charge is 2.28. The van der Waals surface area contributed by atoms with Crippen molar-refractivity contribution >= 4 is 41.1 Å². The molecule has 18 heavy (non-hydrogen) atoms. The number of hydrogen-bond acceptors (Lipinski definition) is 5. The van der Waals surface area contributed by atoms with Gasteiger partial charge in [0.1, 0.15) is 6.61 Å². The molecule has 1 aliphatic rings. The number of rotatable bonds is 3. The Bertz CT molecular complexity index is 495. The summed E-state index contributed by atoms with van der Waals surface area (Å²) in [4.78, 5) is 24.8. The van der Waals surface area contributed by atoms with Crippen LogP contribution < -0.4 is 5.73 Å². The molecule has 5 nitrogen and oxygen atoms in total. The molecule has 1 aliphatic heterocycles. The van der Waals surface area contributed by atoms with Crippen molar-refractivity contribution in [2.45, 2.75) is 4.90 Å². The van der Waals surface area contributed by atoms with Crippen molar-refractivity contribution in [3.8, 4) is 0 Å². The lowest BCUT2D eigenvalue weighted by Gasteiger charge is -2.11. The molecular weight excluding hydrogens is 276 g/mol. The van der Waals surface area contributed by atoms with Gasteiger partial charge in [0, 0.05) is 15.6 Å². The van der Waals surface area contributed by atoms with Crippen molar-refractivity contribution in [3.05, 3.63) is 23.2 Å². The van der Waals surface area contributed by atoms with E-state index < -0.39 is 6.09 Å². The minimum absolute atomic E-state index is 0.140. The minimum atomic E-state index is -0.579. The molecule has 1 aromatic carbocycles. The number of nitrogens with two attached hydrogens (primary N) is 1. The van der Waals surface area contributed by atoms with Gasteiger partial charge in [-0.25, -0.2) is 9.69 Å². The van der Waals surface area contributed by atoms with E-state index in [4.69, 9.17) is 22.1 Å². The average molecular weight is 287 g/mol. The number of benzene rings is 1. The van der Waals surface area contributed by atoms with Crippen LogP contribution in [0.25, 0.3) is 0 Å². The lowest BCUT2D eigenvalue weighted by molar-refractivity contribution is -0.124. The van der Waals surface area contributed by atoms with Crippen LogP contribution in [-0.2, 0) is 9.53 Å². The van der Waals surface area contributed by atoms with Crippen molar-refractivity contribution in [1.82, 2.24) is 4.90 Å². The summed E-state index contributed by atoms with van der Waals surface area (Å²) < 4.78 is 4.69. The standard InChI is InChI=1S/C11H11ClN2O3S/c12-7-1-2-9(8(13)5-7)18-6-10(15)14-3-4-17-11(14)16/h1-2,5H,3-4,6,13H2. The van der Waals surface area contributed by atoms with E-state index in [1.165, 1.54) is 11.8 Å². The fourth-order valence-corrected chi connectivity index (χ4v) is 2.49. The van der Waals surface area contributed by atoms with Crippen LogP contribution in [0.5, 0.6) is 0 Å². The average Bonchev–Trinajstić information content (AvgIpc) is 2.74. The zero-order chi connectivity index (χ0) is 13.1. The van der Waals surface area contributed by atoms with Crippen LogP contribution in [0.4, 0.5) is 10.5 Å². The molecule has 7 heteroatoms. The number of carbonyl (C=O) groups is 2. The molecule has 1 fully saturated rings. The van der Waals surface area contributed by atoms with Crippen LogP contribution >= 0.6 is 23.4 Å². The zero-order valence-corrected chi connectivity index (χ0v) is 11.0. The highest BCUT2D eigenvalue weighted by Crippen LogP contribution is 2.27. The van der Waals surface area contributed by atoms with Gasteiger partial charge in [0.2, 0.25) is 5.91 Å². The van der Waals surface area contributed by atoms with Gasteiger partial charge in [-0.15, -0.1) is 11.8 Å². The molecule has 0 bridgehead atoms. The molecule has 2 amide bonds. The fourth-order valence-electron chi connectivity index (χ4n) is 1.49. The summed E-state index contributed by atoms with van der Waals surface area (Å²) in [5.41, 5.74) is 6.28. The molecule has 0 aliphatic carbocycles. The van der Waals surface area contributed by atoms with Crippen LogP contribution in [0.3, 0.4) is 0 Å². The van der Waals surface area contributed by atoms with Crippen LogP contribution in [-0.4, -0.2) is 35.8 Å². The lowest BCUT2D eigenvalue weighted by atomic mass is 10.3. The van der Waals surface area contributed by atoms with Crippen LogP contribution in [0.2, 0.25) is 5.02 Å². The number of nitrogen functional groups attached to an aromatic ring is 1. The Kier molecular flexibility index (Phi) is 3.98. The second-order valence-electron chi connectivity index (χ2n) is 3.63. The van der Waals surface area contributed by atoms with E-state index in [1.807, 2.05) is 0 Å². The normalized spacial score (nSPS) is 14.7. The van der Waals surface area contributed by atoms with Gasteiger partial charge >= 0.3 is 6.09 Å². The number of imide groups is 1. The second-order valence-corrected chi connectivity index (χ2v) is 5.08. The van der Waals surface area contributed by atoms with E-state index in [1.54, 1.807) is 18.2 Å². The molecule has 0 unspecified atom stereocenters. The molecule has 0 spiro atoms. The molecule has 0 aromatic heterocycles. The first kappa shape index (κ1) is 13.0. The smallest absolute Gasteiger partial charge is 0.416 e. The molecular formula is C11H11ClN2O3S. The Hall–Kier alpha value is -1.40. The summed E-state index contributed by atoms with van der Waals surface area (Å²) >= 11 is 7.05. The third-order valence-corrected chi connectivity index (χ3v) is 3.69. The third-order valence-electron chi connectivity index (χ3n) is 2.38. The van der Waals surface area contributed by atoms with Crippen molar-refractivity contribution in [2.75, 3.05) is 24.6 Å². The summed E-state index contributed by atoms with van der Waals surface area (Å²) in [7, 11) is 0. The molecule has 0 radical (unpaired) electrons. The van der Waals surface area contributed by atoms with E-state index in [2.05, 4.69) is 0 Å². The number of thioether (sulfide) groups is 1. The molecule has 96 valence electrons. The molecule has 1 aromatic rings. The van der Waals surface area contributed by atoms with Gasteiger partial charge in [-0.05, 0) is 18.2 Å². The Morgan fingerprint density at radius 2 is 2.33 bits per heavy atom. The summed E-state index contributed by atoms with van der Waals surface area (Å²) in [6.07, 6.45) is -0.579. The van der Waals surface area contributed by atoms with Gasteiger partial charge in [-0.1, -0.05) is 11.6 Å². The van der Waals surface area contributed by atoms with Gasteiger partial charge in [-0.3, -0.25) is 4.79 Å². The Morgan fingerprint density at radius 1 is 1.56 bits per heavy atom. The van der Waals surface area contributed by atoms with Crippen molar-refractivity contribution in [3.63, 3.8) is 0 Å². The first-order valence-corrected chi connectivity index (χ1v) is 6.59. The number of nitrogens with zero attached hydrogens (tertiary/aromatic N) is 1. The van der Waals surface area contributed by atoms with Gasteiger partial charge in [0.05, 0.1) is 12.3 Å². The molecule has 0 saturated carbocycles. The first-order chi connectivity index (χ1) is 8.58. The van der Waals surface area contributed by atoms with E-state index in [-0.39, 0.29) is 18.3 Å². The van der Waals surface area contributed by atoms with Gasteiger partial charge in [-0.2, -0.15) is 0 Å². The number of hydrogen-bond donors (Lipinski definition) is 1.